The van der Waals surface area contributed by atoms with Gasteiger partial charge in [0.1, 0.15) is 0 Å². The highest BCUT2D eigenvalue weighted by atomic mass is 32.2. The van der Waals surface area contributed by atoms with Crippen molar-refractivity contribution in [2.75, 3.05) is 18.0 Å². The molecule has 0 aromatic heterocycles. The molecule has 3 atom stereocenters. The molecule has 1 amide bonds. The quantitative estimate of drug-likeness (QED) is 0.865. The van der Waals surface area contributed by atoms with E-state index in [0.29, 0.717) is 30.4 Å². The minimum atomic E-state index is -3.49. The molecule has 3 aliphatic heterocycles. The third kappa shape index (κ3) is 2.88. The highest BCUT2D eigenvalue weighted by Crippen LogP contribution is 2.35. The molecule has 2 bridgehead atoms. The first-order valence-corrected chi connectivity index (χ1v) is 10.5. The zero-order valence-electron chi connectivity index (χ0n) is 14.7. The molecule has 2 saturated heterocycles. The Kier molecular flexibility index (Phi) is 4.13. The summed E-state index contributed by atoms with van der Waals surface area (Å²) in [6, 6.07) is 6.00. The highest BCUT2D eigenvalue weighted by molar-refractivity contribution is 7.89. The first-order valence-electron chi connectivity index (χ1n) is 9.05. The van der Waals surface area contributed by atoms with Gasteiger partial charge in [0.2, 0.25) is 15.9 Å². The van der Waals surface area contributed by atoms with Gasteiger partial charge in [-0.05, 0) is 56.4 Å². The summed E-state index contributed by atoms with van der Waals surface area (Å²) in [6.07, 6.45) is 3.77. The Morgan fingerprint density at radius 1 is 1.20 bits per heavy atom. The van der Waals surface area contributed by atoms with Crippen molar-refractivity contribution in [1.82, 2.24) is 9.62 Å². The van der Waals surface area contributed by atoms with E-state index in [4.69, 9.17) is 0 Å². The number of anilines is 1. The Hall–Kier alpha value is -1.44. The molecule has 0 spiro atoms. The maximum absolute atomic E-state index is 13.1. The molecule has 3 unspecified atom stereocenters. The lowest BCUT2D eigenvalue weighted by atomic mass is 10.1. The van der Waals surface area contributed by atoms with Crippen molar-refractivity contribution in [3.8, 4) is 0 Å². The smallest absolute Gasteiger partial charge is 0.243 e. The van der Waals surface area contributed by atoms with Gasteiger partial charge in [0.25, 0.3) is 0 Å². The molecule has 2 fully saturated rings. The van der Waals surface area contributed by atoms with Crippen LogP contribution in [0.3, 0.4) is 0 Å². The summed E-state index contributed by atoms with van der Waals surface area (Å²) in [4.78, 5) is 14.0. The van der Waals surface area contributed by atoms with Crippen LogP contribution in [-0.2, 0) is 21.2 Å². The Morgan fingerprint density at radius 2 is 1.96 bits per heavy atom. The maximum atomic E-state index is 13.1. The molecule has 7 heteroatoms. The Bertz CT molecular complexity index is 808. The minimum Gasteiger partial charge on any atom is -0.310 e. The summed E-state index contributed by atoms with van der Waals surface area (Å²) >= 11 is 0. The molecule has 25 heavy (non-hydrogen) atoms. The average molecular weight is 363 g/mol. The molecule has 0 saturated carbocycles. The molecule has 136 valence electrons. The molecule has 1 N–H and O–H groups in total. The molecular weight excluding hydrogens is 338 g/mol. The lowest BCUT2D eigenvalue weighted by Crippen LogP contribution is -2.39. The number of hydrogen-bond donors (Lipinski definition) is 1. The van der Waals surface area contributed by atoms with Gasteiger partial charge in [0.15, 0.2) is 0 Å². The fourth-order valence-electron chi connectivity index (χ4n) is 4.53. The summed E-state index contributed by atoms with van der Waals surface area (Å²) in [5, 5.41) is 3.52. The largest absolute Gasteiger partial charge is 0.310 e. The Morgan fingerprint density at radius 3 is 2.72 bits per heavy atom. The van der Waals surface area contributed by atoms with Crippen LogP contribution in [0.2, 0.25) is 0 Å². The van der Waals surface area contributed by atoms with Crippen molar-refractivity contribution in [2.24, 2.45) is 0 Å². The van der Waals surface area contributed by atoms with E-state index in [9.17, 15) is 13.2 Å². The van der Waals surface area contributed by atoms with Gasteiger partial charge in [-0.2, -0.15) is 4.31 Å². The van der Waals surface area contributed by atoms with Crippen molar-refractivity contribution in [1.29, 1.82) is 0 Å². The van der Waals surface area contributed by atoms with E-state index in [1.807, 2.05) is 6.92 Å². The molecule has 0 aliphatic carbocycles. The van der Waals surface area contributed by atoms with Crippen molar-refractivity contribution in [2.45, 2.75) is 62.6 Å². The second kappa shape index (κ2) is 6.07. The molecular formula is C18H25N3O3S. The molecule has 0 radical (unpaired) electrons. The fourth-order valence-corrected chi connectivity index (χ4v) is 6.08. The fraction of sp³-hybridized carbons (Fsp3) is 0.611. The first-order chi connectivity index (χ1) is 11.9. The van der Waals surface area contributed by atoms with Crippen LogP contribution in [0.4, 0.5) is 5.69 Å². The lowest BCUT2D eigenvalue weighted by Gasteiger charge is -2.24. The topological polar surface area (TPSA) is 69.7 Å². The molecule has 1 aromatic carbocycles. The van der Waals surface area contributed by atoms with Crippen LogP contribution in [0.5, 0.6) is 0 Å². The highest BCUT2D eigenvalue weighted by Gasteiger charge is 2.36. The SMILES string of the molecule is CC(=O)N1c2ccc(S(=O)(=O)N3CCC4CCC(C3)N4)cc2CC1C. The van der Waals surface area contributed by atoms with Gasteiger partial charge in [-0.25, -0.2) is 8.42 Å². The van der Waals surface area contributed by atoms with Crippen LogP contribution in [0, 0.1) is 0 Å². The van der Waals surface area contributed by atoms with E-state index in [1.165, 1.54) is 0 Å². The number of nitrogens with one attached hydrogen (secondary N) is 1. The van der Waals surface area contributed by atoms with Gasteiger partial charge >= 0.3 is 0 Å². The van der Waals surface area contributed by atoms with Crippen molar-refractivity contribution in [3.05, 3.63) is 23.8 Å². The zero-order chi connectivity index (χ0) is 17.8. The molecule has 3 aliphatic rings. The average Bonchev–Trinajstić information content (AvgIpc) is 3.04. The van der Waals surface area contributed by atoms with E-state index in [0.717, 1.165) is 30.5 Å². The Labute approximate surface area is 149 Å². The van der Waals surface area contributed by atoms with Crippen LogP contribution < -0.4 is 10.2 Å². The predicted molar refractivity (Wildman–Crippen MR) is 96.1 cm³/mol. The van der Waals surface area contributed by atoms with E-state index < -0.39 is 10.0 Å². The number of carbonyl (C=O) groups is 1. The second-order valence-electron chi connectivity index (χ2n) is 7.52. The summed E-state index contributed by atoms with van der Waals surface area (Å²) in [5.74, 6) is -0.00326. The third-order valence-electron chi connectivity index (χ3n) is 5.73. The van der Waals surface area contributed by atoms with E-state index in [2.05, 4.69) is 5.32 Å². The number of benzene rings is 1. The van der Waals surface area contributed by atoms with Crippen LogP contribution in [0.15, 0.2) is 23.1 Å². The van der Waals surface area contributed by atoms with E-state index in [-0.39, 0.29) is 18.0 Å². The summed E-state index contributed by atoms with van der Waals surface area (Å²) in [6.45, 7) is 4.66. The maximum Gasteiger partial charge on any atom is 0.243 e. The second-order valence-corrected chi connectivity index (χ2v) is 9.46. The minimum absolute atomic E-state index is 0.00326. The first kappa shape index (κ1) is 17.0. The summed E-state index contributed by atoms with van der Waals surface area (Å²) in [7, 11) is -3.49. The van der Waals surface area contributed by atoms with Gasteiger partial charge in [-0.1, -0.05) is 0 Å². The van der Waals surface area contributed by atoms with Gasteiger partial charge in [0.05, 0.1) is 4.90 Å². The number of fused-ring (bicyclic) bond motifs is 3. The number of rotatable bonds is 2. The molecule has 6 nitrogen and oxygen atoms in total. The van der Waals surface area contributed by atoms with Crippen LogP contribution in [0.25, 0.3) is 0 Å². The van der Waals surface area contributed by atoms with Crippen LogP contribution >= 0.6 is 0 Å². The summed E-state index contributed by atoms with van der Waals surface area (Å²) in [5.41, 5.74) is 1.79. The predicted octanol–water partition coefficient (Wildman–Crippen LogP) is 1.50. The molecule has 4 rings (SSSR count). The molecule has 1 aromatic rings. The number of nitrogens with zero attached hydrogens (tertiary/aromatic N) is 2. The van der Waals surface area contributed by atoms with Crippen molar-refractivity contribution in [3.63, 3.8) is 0 Å². The number of carbonyl (C=O) groups excluding carboxylic acids is 1. The summed E-state index contributed by atoms with van der Waals surface area (Å²) < 4.78 is 27.9. The zero-order valence-corrected chi connectivity index (χ0v) is 15.6. The third-order valence-corrected chi connectivity index (χ3v) is 7.59. The van der Waals surface area contributed by atoms with E-state index in [1.54, 1.807) is 34.3 Å². The number of sulfonamides is 1. The standard InChI is InChI=1S/C18H25N3O3S/c1-12-9-14-10-17(5-6-18(14)21(12)13(2)22)25(23,24)20-8-7-15-3-4-16(11-20)19-15/h5-6,10,12,15-16,19H,3-4,7-9,11H2,1-2H3. The lowest BCUT2D eigenvalue weighted by molar-refractivity contribution is -0.116. The molecule has 3 heterocycles. The van der Waals surface area contributed by atoms with Crippen molar-refractivity contribution < 1.29 is 13.2 Å². The monoisotopic (exact) mass is 363 g/mol. The van der Waals surface area contributed by atoms with Gasteiger partial charge in [-0.15, -0.1) is 0 Å². The van der Waals surface area contributed by atoms with Gasteiger partial charge < -0.3 is 10.2 Å². The number of hydrogen-bond acceptors (Lipinski definition) is 4. The van der Waals surface area contributed by atoms with Gasteiger partial charge in [0, 0.05) is 43.8 Å². The van der Waals surface area contributed by atoms with Crippen LogP contribution in [0.1, 0.15) is 38.7 Å². The van der Waals surface area contributed by atoms with Crippen molar-refractivity contribution >= 4 is 21.6 Å². The Balaban J connectivity index is 1.64. The number of amides is 1. The van der Waals surface area contributed by atoms with Crippen LogP contribution in [-0.4, -0.2) is 49.8 Å². The van der Waals surface area contributed by atoms with Gasteiger partial charge in [-0.3, -0.25) is 4.79 Å². The normalized spacial score (nSPS) is 29.5. The van der Waals surface area contributed by atoms with E-state index >= 15 is 0 Å².